The number of rotatable bonds is 5. The number of hydrogen-bond donors (Lipinski definition) is 0. The van der Waals surface area contributed by atoms with Crippen molar-refractivity contribution >= 4 is 0 Å². The van der Waals surface area contributed by atoms with Gasteiger partial charge in [-0.05, 0) is 86.3 Å². The highest BCUT2D eigenvalue weighted by atomic mass is 16.3. The van der Waals surface area contributed by atoms with E-state index in [1.165, 1.54) is 48.8 Å². The van der Waals surface area contributed by atoms with Crippen LogP contribution in [0.25, 0.3) is 0 Å². The molecule has 0 heterocycles. The Labute approximate surface area is 153 Å². The van der Waals surface area contributed by atoms with Crippen LogP contribution >= 0.6 is 0 Å². The minimum absolute atomic E-state index is 0.241. The van der Waals surface area contributed by atoms with Crippen molar-refractivity contribution in [2.45, 2.75) is 77.2 Å². The number of benzene rings is 1. The van der Waals surface area contributed by atoms with Gasteiger partial charge in [-0.1, -0.05) is 43.3 Å². The minimum atomic E-state index is -0.457. The molecule has 3 rings (SSSR count). The van der Waals surface area contributed by atoms with Crippen LogP contribution in [-0.4, -0.2) is 5.54 Å². The second-order valence-electron chi connectivity index (χ2n) is 8.88. The Bertz CT molecular complexity index is 627. The van der Waals surface area contributed by atoms with Crippen molar-refractivity contribution < 1.29 is 0 Å². The predicted octanol–water partition coefficient (Wildman–Crippen LogP) is 6.43. The molecule has 0 bridgehead atoms. The lowest BCUT2D eigenvalue weighted by molar-refractivity contribution is 0.270. The summed E-state index contributed by atoms with van der Waals surface area (Å²) in [5.74, 6) is 2.20. The number of nitrogens with zero attached hydrogens (tertiary/aromatic N) is 1. The van der Waals surface area contributed by atoms with Crippen LogP contribution in [0.5, 0.6) is 0 Å². The number of allylic oxidation sites excluding steroid dienone is 1. The molecule has 1 saturated carbocycles. The zero-order valence-electron chi connectivity index (χ0n) is 16.1. The number of hydrogen-bond acceptors (Lipinski definition) is 2. The maximum absolute atomic E-state index is 11.6. The molecule has 0 aromatic heterocycles. The molecule has 1 aromatic rings. The molecule has 0 aliphatic heterocycles. The zero-order chi connectivity index (χ0) is 18.0. The lowest BCUT2D eigenvalue weighted by atomic mass is 9.65. The van der Waals surface area contributed by atoms with E-state index in [9.17, 15) is 4.91 Å². The molecule has 0 spiro atoms. The van der Waals surface area contributed by atoms with Crippen LogP contribution in [0.2, 0.25) is 0 Å². The summed E-state index contributed by atoms with van der Waals surface area (Å²) in [7, 11) is 0. The van der Waals surface area contributed by atoms with E-state index in [2.05, 4.69) is 56.8 Å². The molecular formula is C23H33NO. The van der Waals surface area contributed by atoms with Gasteiger partial charge >= 0.3 is 0 Å². The van der Waals surface area contributed by atoms with Gasteiger partial charge in [-0.15, -0.1) is 6.58 Å². The van der Waals surface area contributed by atoms with E-state index in [1.807, 2.05) is 0 Å². The molecule has 0 radical (unpaired) electrons. The molecule has 25 heavy (non-hydrogen) atoms. The van der Waals surface area contributed by atoms with Gasteiger partial charge < -0.3 is 0 Å². The maximum Gasteiger partial charge on any atom is 0.107 e. The maximum atomic E-state index is 11.6. The number of fused-ring (bicyclic) bond motifs is 1. The Kier molecular flexibility index (Phi) is 5.46. The van der Waals surface area contributed by atoms with Gasteiger partial charge in [0.1, 0.15) is 5.54 Å². The van der Waals surface area contributed by atoms with Crippen molar-refractivity contribution in [2.75, 3.05) is 0 Å². The van der Waals surface area contributed by atoms with Gasteiger partial charge in [0.05, 0.1) is 0 Å². The third-order valence-electron chi connectivity index (χ3n) is 6.80. The van der Waals surface area contributed by atoms with Crippen molar-refractivity contribution in [1.29, 1.82) is 0 Å². The molecule has 2 heteroatoms. The van der Waals surface area contributed by atoms with Crippen molar-refractivity contribution in [1.82, 2.24) is 0 Å². The molecular weight excluding hydrogens is 306 g/mol. The third kappa shape index (κ3) is 3.59. The first-order valence-corrected chi connectivity index (χ1v) is 10.1. The average molecular weight is 340 g/mol. The molecule has 0 N–H and O–H groups in total. The van der Waals surface area contributed by atoms with Gasteiger partial charge in [-0.3, -0.25) is 0 Å². The summed E-state index contributed by atoms with van der Waals surface area (Å²) >= 11 is 0. The van der Waals surface area contributed by atoms with Crippen molar-refractivity contribution in [3.05, 3.63) is 52.5 Å². The summed E-state index contributed by atoms with van der Waals surface area (Å²) in [6.07, 6.45) is 10.5. The summed E-state index contributed by atoms with van der Waals surface area (Å²) in [5.41, 5.74) is 3.98. The Morgan fingerprint density at radius 3 is 2.60 bits per heavy atom. The highest BCUT2D eigenvalue weighted by Crippen LogP contribution is 2.47. The summed E-state index contributed by atoms with van der Waals surface area (Å²) in [6.45, 7) is 10.5. The quantitative estimate of drug-likeness (QED) is 0.449. The lowest BCUT2D eigenvalue weighted by Crippen LogP contribution is -2.38. The van der Waals surface area contributed by atoms with Crippen LogP contribution in [0.15, 0.2) is 36.0 Å². The predicted molar refractivity (Wildman–Crippen MR) is 106 cm³/mol. The molecule has 2 nitrogen and oxygen atoms in total. The molecule has 2 unspecified atom stereocenters. The van der Waals surface area contributed by atoms with Crippen molar-refractivity contribution in [3.63, 3.8) is 0 Å². The third-order valence-corrected chi connectivity index (χ3v) is 6.80. The first-order chi connectivity index (χ1) is 12.0. The van der Waals surface area contributed by atoms with Crippen LogP contribution in [0, 0.1) is 22.7 Å². The first-order valence-electron chi connectivity index (χ1n) is 10.1. The highest BCUT2D eigenvalue weighted by molar-refractivity contribution is 5.42. The molecule has 2 aliphatic carbocycles. The molecule has 1 aromatic carbocycles. The van der Waals surface area contributed by atoms with E-state index in [0.717, 1.165) is 24.7 Å². The standard InChI is InChI=1S/C23H33NO/c1-5-17-9-11-18(12-10-17)15-19-7-6-8-21-20(19)13-14-23(4,24-25)22(21)16(2)3/h5-8,16-18,22H,1,9-15H2,2-4H3. The fourth-order valence-electron chi connectivity index (χ4n) is 5.43. The fraction of sp³-hybridized carbons (Fsp3) is 0.652. The van der Waals surface area contributed by atoms with Gasteiger partial charge in [0.2, 0.25) is 0 Å². The van der Waals surface area contributed by atoms with Gasteiger partial charge in [-0.25, -0.2) is 0 Å². The smallest absolute Gasteiger partial charge is 0.107 e. The summed E-state index contributed by atoms with van der Waals surface area (Å²) in [6, 6.07) is 6.78. The lowest BCUT2D eigenvalue weighted by Gasteiger charge is -2.41. The van der Waals surface area contributed by atoms with Crippen LogP contribution in [-0.2, 0) is 12.8 Å². The topological polar surface area (TPSA) is 29.4 Å². The largest absolute Gasteiger partial charge is 0.150 e. The minimum Gasteiger partial charge on any atom is -0.150 e. The van der Waals surface area contributed by atoms with Crippen molar-refractivity contribution in [2.24, 2.45) is 22.9 Å². The van der Waals surface area contributed by atoms with E-state index in [0.29, 0.717) is 5.92 Å². The van der Waals surface area contributed by atoms with Gasteiger partial charge in [0.15, 0.2) is 0 Å². The monoisotopic (exact) mass is 339 g/mol. The molecule has 1 fully saturated rings. The summed E-state index contributed by atoms with van der Waals surface area (Å²) < 4.78 is 0. The molecule has 136 valence electrons. The molecule has 2 atom stereocenters. The summed E-state index contributed by atoms with van der Waals surface area (Å²) in [5, 5.41) is 3.58. The normalized spacial score (nSPS) is 32.2. The van der Waals surface area contributed by atoms with E-state index < -0.39 is 5.54 Å². The van der Waals surface area contributed by atoms with Crippen LogP contribution in [0.4, 0.5) is 0 Å². The molecule has 0 amide bonds. The highest BCUT2D eigenvalue weighted by Gasteiger charge is 2.43. The van der Waals surface area contributed by atoms with Gasteiger partial charge in [0, 0.05) is 5.92 Å². The Hall–Kier alpha value is -1.44. The Balaban J connectivity index is 1.85. The van der Waals surface area contributed by atoms with E-state index in [1.54, 1.807) is 0 Å². The SMILES string of the molecule is C=CC1CCC(Cc2cccc3c2CCC(C)(N=O)C3C(C)C)CC1. The zero-order valence-corrected chi connectivity index (χ0v) is 16.1. The van der Waals surface area contributed by atoms with E-state index in [-0.39, 0.29) is 5.92 Å². The average Bonchev–Trinajstić information content (AvgIpc) is 2.62. The van der Waals surface area contributed by atoms with Gasteiger partial charge in [0.25, 0.3) is 0 Å². The Morgan fingerprint density at radius 1 is 1.28 bits per heavy atom. The molecule has 2 aliphatic rings. The Morgan fingerprint density at radius 2 is 2.00 bits per heavy atom. The second-order valence-corrected chi connectivity index (χ2v) is 8.88. The number of nitroso groups, excluding NO2 is 1. The second kappa shape index (κ2) is 7.43. The van der Waals surface area contributed by atoms with Crippen molar-refractivity contribution in [3.8, 4) is 0 Å². The van der Waals surface area contributed by atoms with Crippen LogP contribution in [0.1, 0.15) is 75.5 Å². The first kappa shape index (κ1) is 18.4. The van der Waals surface area contributed by atoms with Crippen LogP contribution < -0.4 is 0 Å². The van der Waals surface area contributed by atoms with E-state index in [4.69, 9.17) is 0 Å². The molecule has 0 saturated heterocycles. The summed E-state index contributed by atoms with van der Waals surface area (Å²) in [4.78, 5) is 11.6. The fourth-order valence-corrected chi connectivity index (χ4v) is 5.43. The van der Waals surface area contributed by atoms with Crippen LogP contribution in [0.3, 0.4) is 0 Å². The van der Waals surface area contributed by atoms with E-state index >= 15 is 0 Å². The van der Waals surface area contributed by atoms with Gasteiger partial charge in [-0.2, -0.15) is 4.91 Å².